The number of thioether (sulfide) groups is 1. The van der Waals surface area contributed by atoms with Crippen LogP contribution in [0.1, 0.15) is 38.7 Å². The fourth-order valence-corrected chi connectivity index (χ4v) is 5.01. The minimum atomic E-state index is -0.916. The summed E-state index contributed by atoms with van der Waals surface area (Å²) in [6.45, 7) is 6.00. The summed E-state index contributed by atoms with van der Waals surface area (Å²) in [6, 6.07) is 7.29. The molecule has 178 valence electrons. The number of carbonyl (C=O) groups is 3. The number of rotatable bonds is 8. The van der Waals surface area contributed by atoms with E-state index in [0.29, 0.717) is 34.8 Å². The molecule has 0 fully saturated rings. The molecule has 1 aromatic rings. The van der Waals surface area contributed by atoms with E-state index in [4.69, 9.17) is 14.2 Å². The number of ketones is 1. The van der Waals surface area contributed by atoms with Gasteiger partial charge in [-0.25, -0.2) is 4.79 Å². The van der Waals surface area contributed by atoms with E-state index < -0.39 is 23.8 Å². The highest BCUT2D eigenvalue weighted by Gasteiger charge is 2.47. The van der Waals surface area contributed by atoms with E-state index in [9.17, 15) is 14.4 Å². The number of ether oxygens (including phenoxy) is 3. The van der Waals surface area contributed by atoms with Crippen molar-refractivity contribution in [2.75, 3.05) is 32.3 Å². The molecule has 1 aliphatic carbocycles. The molecule has 0 unspecified atom stereocenters. The van der Waals surface area contributed by atoms with Gasteiger partial charge in [0.25, 0.3) is 0 Å². The molecular formula is C25H31NO6S. The predicted octanol–water partition coefficient (Wildman–Crippen LogP) is 3.60. The summed E-state index contributed by atoms with van der Waals surface area (Å²) in [5, 5.41) is 3.27. The van der Waals surface area contributed by atoms with Crippen LogP contribution in [-0.2, 0) is 23.9 Å². The zero-order valence-corrected chi connectivity index (χ0v) is 20.5. The first kappa shape index (κ1) is 24.9. The number of Topliss-reactive ketones (excluding diaryl/α,β-unsaturated/α-hetero) is 1. The van der Waals surface area contributed by atoms with Gasteiger partial charge in [0.2, 0.25) is 0 Å². The Morgan fingerprint density at radius 2 is 2.00 bits per heavy atom. The molecule has 0 saturated carbocycles. The summed E-state index contributed by atoms with van der Waals surface area (Å²) in [5.41, 5.74) is 2.89. The molecule has 0 radical (unpaired) electrons. The Morgan fingerprint density at radius 1 is 1.24 bits per heavy atom. The number of carbonyl (C=O) groups excluding carboxylic acids is 3. The summed E-state index contributed by atoms with van der Waals surface area (Å²) < 4.78 is 15.9. The van der Waals surface area contributed by atoms with E-state index in [1.807, 2.05) is 39.0 Å². The second-order valence-corrected chi connectivity index (χ2v) is 9.54. The Hall–Kier alpha value is -2.74. The van der Waals surface area contributed by atoms with Crippen molar-refractivity contribution >= 4 is 29.5 Å². The maximum absolute atomic E-state index is 13.7. The van der Waals surface area contributed by atoms with E-state index in [1.165, 1.54) is 7.11 Å². The largest absolute Gasteiger partial charge is 0.497 e. The fraction of sp³-hybridized carbons (Fsp3) is 0.480. The molecule has 0 bridgehead atoms. The summed E-state index contributed by atoms with van der Waals surface area (Å²) >= 11 is 1.68. The molecular weight excluding hydrogens is 442 g/mol. The number of esters is 2. The lowest BCUT2D eigenvalue weighted by Crippen LogP contribution is -2.43. The second-order valence-electron chi connectivity index (χ2n) is 8.14. The van der Waals surface area contributed by atoms with E-state index in [2.05, 4.69) is 5.32 Å². The first-order valence-corrected chi connectivity index (χ1v) is 12.2. The minimum Gasteiger partial charge on any atom is -0.497 e. The topological polar surface area (TPSA) is 90.9 Å². The molecule has 8 heteroatoms. The average Bonchev–Trinajstić information content (AvgIpc) is 2.80. The van der Waals surface area contributed by atoms with Gasteiger partial charge in [0.05, 0.1) is 19.8 Å². The quantitative estimate of drug-likeness (QED) is 0.348. The van der Waals surface area contributed by atoms with Gasteiger partial charge in [-0.1, -0.05) is 26.0 Å². The van der Waals surface area contributed by atoms with Gasteiger partial charge in [0.1, 0.15) is 18.3 Å². The third kappa shape index (κ3) is 5.11. The predicted molar refractivity (Wildman–Crippen MR) is 127 cm³/mol. The molecule has 33 heavy (non-hydrogen) atoms. The number of benzene rings is 1. The molecule has 3 rings (SSSR count). The molecule has 0 aromatic heterocycles. The number of dihydropyridines is 1. The van der Waals surface area contributed by atoms with E-state index >= 15 is 0 Å². The molecule has 3 atom stereocenters. The van der Waals surface area contributed by atoms with E-state index in [-0.39, 0.29) is 18.3 Å². The van der Waals surface area contributed by atoms with Crippen molar-refractivity contribution in [2.45, 2.75) is 33.1 Å². The van der Waals surface area contributed by atoms with Gasteiger partial charge in [-0.15, -0.1) is 0 Å². The number of nitrogens with one attached hydrogen (secondary N) is 1. The van der Waals surface area contributed by atoms with Crippen LogP contribution in [0.2, 0.25) is 0 Å². The lowest BCUT2D eigenvalue weighted by atomic mass is 9.69. The number of hydrogen-bond acceptors (Lipinski definition) is 8. The standard InChI is InChI=1S/C25H31NO6S/c1-6-33-11-10-32-25(29)20-15(3)26-18-12-14(2)19(24(28)31-5)23(27)22(18)21(20)16-8-7-9-17(13-16)30-4/h7-9,13-14,19,21,26H,6,10-12H2,1-5H3/t14-,19-,21+/m1/s1. The van der Waals surface area contributed by atoms with Crippen molar-refractivity contribution in [1.82, 2.24) is 5.32 Å². The van der Waals surface area contributed by atoms with Gasteiger partial charge in [-0.05, 0) is 42.7 Å². The van der Waals surface area contributed by atoms with Gasteiger partial charge in [0, 0.05) is 28.6 Å². The summed E-state index contributed by atoms with van der Waals surface area (Å²) in [4.78, 5) is 39.4. The van der Waals surface area contributed by atoms with Crippen LogP contribution >= 0.6 is 11.8 Å². The number of methoxy groups -OCH3 is 2. The van der Waals surface area contributed by atoms with Gasteiger partial charge in [-0.3, -0.25) is 9.59 Å². The van der Waals surface area contributed by atoms with Crippen LogP contribution in [0.25, 0.3) is 0 Å². The highest BCUT2D eigenvalue weighted by atomic mass is 32.2. The number of hydrogen-bond donors (Lipinski definition) is 1. The van der Waals surface area contributed by atoms with Crippen LogP contribution < -0.4 is 10.1 Å². The van der Waals surface area contributed by atoms with Crippen LogP contribution in [-0.4, -0.2) is 50.1 Å². The zero-order valence-electron chi connectivity index (χ0n) is 19.7. The maximum atomic E-state index is 13.7. The summed E-state index contributed by atoms with van der Waals surface area (Å²) in [6.07, 6.45) is 0.494. The maximum Gasteiger partial charge on any atom is 0.336 e. The minimum absolute atomic E-state index is 0.227. The Bertz CT molecular complexity index is 998. The molecule has 2 aliphatic rings. The monoisotopic (exact) mass is 473 g/mol. The molecule has 0 spiro atoms. The molecule has 1 aliphatic heterocycles. The summed E-state index contributed by atoms with van der Waals surface area (Å²) in [5.74, 6) is -0.933. The lowest BCUT2D eigenvalue weighted by Gasteiger charge is -2.38. The third-order valence-electron chi connectivity index (χ3n) is 6.06. The zero-order chi connectivity index (χ0) is 24.1. The van der Waals surface area contributed by atoms with Crippen molar-refractivity contribution in [3.8, 4) is 5.75 Å². The van der Waals surface area contributed by atoms with Crippen molar-refractivity contribution in [3.05, 3.63) is 52.4 Å². The summed E-state index contributed by atoms with van der Waals surface area (Å²) in [7, 11) is 2.85. The Labute approximate surface area is 198 Å². The van der Waals surface area contributed by atoms with Crippen LogP contribution in [0.4, 0.5) is 0 Å². The van der Waals surface area contributed by atoms with Crippen molar-refractivity contribution in [3.63, 3.8) is 0 Å². The van der Waals surface area contributed by atoms with E-state index in [1.54, 1.807) is 24.9 Å². The van der Waals surface area contributed by atoms with Crippen molar-refractivity contribution < 1.29 is 28.6 Å². The second kappa shape index (κ2) is 10.9. The third-order valence-corrected chi connectivity index (χ3v) is 6.92. The first-order chi connectivity index (χ1) is 15.8. The Kier molecular flexibility index (Phi) is 8.24. The van der Waals surface area contributed by atoms with Crippen LogP contribution in [0.15, 0.2) is 46.8 Å². The van der Waals surface area contributed by atoms with Gasteiger partial charge in [0.15, 0.2) is 5.78 Å². The van der Waals surface area contributed by atoms with Crippen molar-refractivity contribution in [2.24, 2.45) is 11.8 Å². The molecule has 7 nitrogen and oxygen atoms in total. The van der Waals surface area contributed by atoms with Crippen LogP contribution in [0.5, 0.6) is 5.75 Å². The molecule has 0 saturated heterocycles. The molecule has 0 amide bonds. The smallest absolute Gasteiger partial charge is 0.336 e. The average molecular weight is 474 g/mol. The SMILES string of the molecule is CCSCCOC(=O)C1=C(C)NC2=C(C(=O)[C@H](C(=O)OC)[C@H](C)C2)[C@H]1c1cccc(OC)c1. The van der Waals surface area contributed by atoms with Gasteiger partial charge < -0.3 is 19.5 Å². The number of allylic oxidation sites excluding steroid dienone is 3. The Balaban J connectivity index is 2.09. The highest BCUT2D eigenvalue weighted by Crippen LogP contribution is 2.45. The fourth-order valence-electron chi connectivity index (χ4n) is 4.52. The molecule has 1 aromatic carbocycles. The Morgan fingerprint density at radius 3 is 2.67 bits per heavy atom. The first-order valence-electron chi connectivity index (χ1n) is 11.1. The molecule has 1 heterocycles. The van der Waals surface area contributed by atoms with Crippen LogP contribution in [0, 0.1) is 11.8 Å². The van der Waals surface area contributed by atoms with Gasteiger partial charge in [-0.2, -0.15) is 11.8 Å². The molecule has 1 N–H and O–H groups in total. The van der Waals surface area contributed by atoms with E-state index in [0.717, 1.165) is 17.0 Å². The normalized spacial score (nSPS) is 22.5. The van der Waals surface area contributed by atoms with Gasteiger partial charge >= 0.3 is 11.9 Å². The van der Waals surface area contributed by atoms with Crippen molar-refractivity contribution in [1.29, 1.82) is 0 Å². The lowest BCUT2D eigenvalue weighted by molar-refractivity contribution is -0.151. The van der Waals surface area contributed by atoms with Crippen LogP contribution in [0.3, 0.4) is 0 Å². The highest BCUT2D eigenvalue weighted by molar-refractivity contribution is 7.99.